The molecule has 0 bridgehead atoms. The maximum Gasteiger partial charge on any atom is 0.344 e. The van der Waals surface area contributed by atoms with E-state index in [0.29, 0.717) is 40.2 Å². The van der Waals surface area contributed by atoms with Crippen molar-refractivity contribution in [1.82, 2.24) is 0 Å². The Hall–Kier alpha value is -3.23. The number of esters is 1. The third-order valence-corrected chi connectivity index (χ3v) is 6.04. The summed E-state index contributed by atoms with van der Waals surface area (Å²) in [5.41, 5.74) is 1.55. The van der Waals surface area contributed by atoms with Gasteiger partial charge in [0.15, 0.2) is 11.5 Å². The minimum Gasteiger partial charge on any atom is -0.506 e. The molecule has 0 aliphatic carbocycles. The van der Waals surface area contributed by atoms with Gasteiger partial charge in [-0.1, -0.05) is 48.5 Å². The number of carbonyl (C=O) groups is 2. The number of hydrogen-bond acceptors (Lipinski definition) is 7. The van der Waals surface area contributed by atoms with Crippen LogP contribution in [0.15, 0.2) is 63.7 Å². The molecule has 184 valence electrons. The van der Waals surface area contributed by atoms with Crippen LogP contribution in [0.2, 0.25) is 5.02 Å². The van der Waals surface area contributed by atoms with Crippen molar-refractivity contribution >= 4 is 46.4 Å². The van der Waals surface area contributed by atoms with Gasteiger partial charge in [-0.25, -0.2) is 9.79 Å². The fourth-order valence-corrected chi connectivity index (χ4v) is 4.24. The SMILES string of the molecule is CCOC(=O)C1=C(O)/C(=C/c2ccc(OCc3ccc(Cl)cc3)c(OCC)c2)SC1=NC(=O)CC. The molecular formula is C26H26ClNO6S. The third kappa shape index (κ3) is 6.90. The second kappa shape index (κ2) is 12.5. The predicted molar refractivity (Wildman–Crippen MR) is 138 cm³/mol. The highest BCUT2D eigenvalue weighted by Gasteiger charge is 2.33. The fraction of sp³-hybridized carbons (Fsp3) is 0.269. The molecule has 0 saturated heterocycles. The van der Waals surface area contributed by atoms with Gasteiger partial charge in [0.05, 0.1) is 18.1 Å². The number of nitrogens with zero attached hydrogens (tertiary/aromatic N) is 1. The average Bonchev–Trinajstić information content (AvgIpc) is 3.14. The number of aliphatic hydroxyl groups excluding tert-OH is 1. The first-order valence-electron chi connectivity index (χ1n) is 11.1. The van der Waals surface area contributed by atoms with Gasteiger partial charge in [0.25, 0.3) is 0 Å². The first-order chi connectivity index (χ1) is 16.9. The van der Waals surface area contributed by atoms with Gasteiger partial charge in [0, 0.05) is 11.4 Å². The molecule has 0 unspecified atom stereocenters. The van der Waals surface area contributed by atoms with E-state index in [1.54, 1.807) is 50.3 Å². The molecule has 0 aromatic heterocycles. The summed E-state index contributed by atoms with van der Waals surface area (Å²) in [7, 11) is 0. The lowest BCUT2D eigenvalue weighted by Crippen LogP contribution is -2.14. The van der Waals surface area contributed by atoms with Crippen molar-refractivity contribution in [2.45, 2.75) is 33.8 Å². The minimum absolute atomic E-state index is 0.113. The van der Waals surface area contributed by atoms with Crippen molar-refractivity contribution in [3.05, 3.63) is 74.9 Å². The van der Waals surface area contributed by atoms with E-state index < -0.39 is 11.9 Å². The van der Waals surface area contributed by atoms with E-state index in [4.69, 9.17) is 25.8 Å². The van der Waals surface area contributed by atoms with Crippen LogP contribution in [0.25, 0.3) is 6.08 Å². The molecule has 1 N–H and O–H groups in total. The Morgan fingerprint density at radius 1 is 1.03 bits per heavy atom. The number of aliphatic hydroxyl groups is 1. The molecule has 35 heavy (non-hydrogen) atoms. The zero-order valence-electron chi connectivity index (χ0n) is 19.7. The number of ether oxygens (including phenoxy) is 3. The first-order valence-corrected chi connectivity index (χ1v) is 12.3. The van der Waals surface area contributed by atoms with Crippen LogP contribution in [0.1, 0.15) is 38.3 Å². The van der Waals surface area contributed by atoms with Crippen LogP contribution >= 0.6 is 23.4 Å². The first kappa shape index (κ1) is 26.4. The number of benzene rings is 2. The molecule has 2 aromatic carbocycles. The average molecular weight is 516 g/mol. The van der Waals surface area contributed by atoms with Gasteiger partial charge < -0.3 is 19.3 Å². The van der Waals surface area contributed by atoms with Crippen LogP contribution in [0.4, 0.5) is 0 Å². The van der Waals surface area contributed by atoms with Gasteiger partial charge in [-0.2, -0.15) is 0 Å². The largest absolute Gasteiger partial charge is 0.506 e. The number of amides is 1. The second-order valence-electron chi connectivity index (χ2n) is 7.27. The van der Waals surface area contributed by atoms with Crippen molar-refractivity contribution in [2.75, 3.05) is 13.2 Å². The zero-order valence-corrected chi connectivity index (χ0v) is 21.2. The van der Waals surface area contributed by atoms with Crippen molar-refractivity contribution in [3.8, 4) is 11.5 Å². The molecule has 1 aliphatic heterocycles. The lowest BCUT2D eigenvalue weighted by atomic mass is 10.1. The summed E-state index contributed by atoms with van der Waals surface area (Å²) in [6.45, 7) is 6.10. The monoisotopic (exact) mass is 515 g/mol. The molecule has 2 aromatic rings. The fourth-order valence-electron chi connectivity index (χ4n) is 3.08. The van der Waals surface area contributed by atoms with E-state index in [1.807, 2.05) is 19.1 Å². The standard InChI is InChI=1S/C26H26ClNO6S/c1-4-22(29)28-25-23(26(31)33-6-3)24(30)21(35-25)14-17-9-12-19(20(13-17)32-5-2)34-15-16-7-10-18(27)11-8-16/h7-14,30H,4-6,15H2,1-3H3/b21-14-,28-25?. The van der Waals surface area contributed by atoms with Gasteiger partial charge in [-0.15, -0.1) is 0 Å². The van der Waals surface area contributed by atoms with Gasteiger partial charge >= 0.3 is 5.97 Å². The van der Waals surface area contributed by atoms with Crippen molar-refractivity contribution < 1.29 is 28.9 Å². The van der Waals surface area contributed by atoms with Crippen LogP contribution < -0.4 is 9.47 Å². The number of thioether (sulfide) groups is 1. The van der Waals surface area contributed by atoms with E-state index >= 15 is 0 Å². The lowest BCUT2D eigenvalue weighted by molar-refractivity contribution is -0.138. The van der Waals surface area contributed by atoms with E-state index in [1.165, 1.54) is 0 Å². The van der Waals surface area contributed by atoms with E-state index in [-0.39, 0.29) is 29.4 Å². The Labute approximate surface area is 213 Å². The summed E-state index contributed by atoms with van der Waals surface area (Å²) in [6, 6.07) is 12.7. The van der Waals surface area contributed by atoms with E-state index in [9.17, 15) is 14.7 Å². The normalized spacial score (nSPS) is 15.5. The summed E-state index contributed by atoms with van der Waals surface area (Å²) in [4.78, 5) is 28.6. The Bertz CT molecular complexity index is 1190. The van der Waals surface area contributed by atoms with Crippen molar-refractivity contribution in [1.29, 1.82) is 0 Å². The van der Waals surface area contributed by atoms with Crippen LogP contribution in [0.3, 0.4) is 0 Å². The van der Waals surface area contributed by atoms with E-state index in [2.05, 4.69) is 4.99 Å². The summed E-state index contributed by atoms with van der Waals surface area (Å²) < 4.78 is 16.7. The zero-order chi connectivity index (χ0) is 25.4. The lowest BCUT2D eigenvalue weighted by Gasteiger charge is -2.13. The summed E-state index contributed by atoms with van der Waals surface area (Å²) in [5.74, 6) is -0.320. The molecule has 9 heteroatoms. The van der Waals surface area contributed by atoms with Crippen LogP contribution in [0, 0.1) is 0 Å². The number of halogens is 1. The molecule has 1 amide bonds. The summed E-state index contributed by atoms with van der Waals surface area (Å²) in [6.07, 6.45) is 1.86. The smallest absolute Gasteiger partial charge is 0.344 e. The molecule has 3 rings (SSSR count). The maximum absolute atomic E-state index is 12.4. The van der Waals surface area contributed by atoms with Crippen LogP contribution in [-0.4, -0.2) is 35.2 Å². The Balaban J connectivity index is 1.89. The Morgan fingerprint density at radius 3 is 2.43 bits per heavy atom. The number of aliphatic imine (C=N–C) groups is 1. The molecule has 7 nitrogen and oxygen atoms in total. The highest BCUT2D eigenvalue weighted by Crippen LogP contribution is 2.40. The molecule has 0 spiro atoms. The molecule has 0 fully saturated rings. The third-order valence-electron chi connectivity index (χ3n) is 4.77. The maximum atomic E-state index is 12.4. The van der Waals surface area contributed by atoms with E-state index in [0.717, 1.165) is 17.3 Å². The molecule has 1 aliphatic rings. The van der Waals surface area contributed by atoms with Gasteiger partial charge in [-0.05, 0) is 55.3 Å². The van der Waals surface area contributed by atoms with Gasteiger partial charge in [0.2, 0.25) is 5.91 Å². The highest BCUT2D eigenvalue weighted by molar-refractivity contribution is 8.18. The quantitative estimate of drug-likeness (QED) is 0.402. The molecule has 0 radical (unpaired) electrons. The van der Waals surface area contributed by atoms with Gasteiger partial charge in [-0.3, -0.25) is 4.79 Å². The Morgan fingerprint density at radius 2 is 1.77 bits per heavy atom. The minimum atomic E-state index is -0.732. The summed E-state index contributed by atoms with van der Waals surface area (Å²) >= 11 is 6.97. The van der Waals surface area contributed by atoms with Crippen molar-refractivity contribution in [2.24, 2.45) is 4.99 Å². The topological polar surface area (TPSA) is 94.4 Å². The number of hydrogen-bond donors (Lipinski definition) is 1. The molecule has 0 atom stereocenters. The predicted octanol–water partition coefficient (Wildman–Crippen LogP) is 6.12. The molecular weight excluding hydrogens is 490 g/mol. The highest BCUT2D eigenvalue weighted by atomic mass is 35.5. The number of rotatable bonds is 9. The van der Waals surface area contributed by atoms with Crippen LogP contribution in [-0.2, 0) is 20.9 Å². The van der Waals surface area contributed by atoms with Crippen molar-refractivity contribution in [3.63, 3.8) is 0 Å². The second-order valence-corrected chi connectivity index (χ2v) is 8.74. The molecule has 1 heterocycles. The summed E-state index contributed by atoms with van der Waals surface area (Å²) in [5, 5.41) is 11.5. The molecule has 0 saturated carbocycles. The Kier molecular flexibility index (Phi) is 9.39. The number of carbonyl (C=O) groups excluding carboxylic acids is 2. The van der Waals surface area contributed by atoms with Gasteiger partial charge in [0.1, 0.15) is 23.0 Å². The van der Waals surface area contributed by atoms with Crippen LogP contribution in [0.5, 0.6) is 11.5 Å².